The van der Waals surface area contributed by atoms with Crippen LogP contribution in [0.25, 0.3) is 0 Å². The molecule has 1 aromatic rings. The number of benzene rings is 1. The topological polar surface area (TPSA) is 33.6 Å². The Morgan fingerprint density at radius 2 is 2.28 bits per heavy atom. The molecule has 18 heavy (non-hydrogen) atoms. The third-order valence-electron chi connectivity index (χ3n) is 3.23. The molecule has 1 atom stereocenters. The SMILES string of the molecule is COc1ccc(NC2=NCC(C3CC3)S2)cc1Cl. The minimum absolute atomic E-state index is 0.616. The lowest BCUT2D eigenvalue weighted by Gasteiger charge is -2.09. The summed E-state index contributed by atoms with van der Waals surface area (Å²) in [5.74, 6) is 1.58. The normalized spacial score (nSPS) is 22.8. The van der Waals surface area contributed by atoms with E-state index in [1.165, 1.54) is 12.8 Å². The lowest BCUT2D eigenvalue weighted by atomic mass is 10.3. The third kappa shape index (κ3) is 2.59. The van der Waals surface area contributed by atoms with E-state index in [0.717, 1.165) is 23.3 Å². The smallest absolute Gasteiger partial charge is 0.161 e. The molecule has 96 valence electrons. The molecule has 3 nitrogen and oxygen atoms in total. The summed E-state index contributed by atoms with van der Waals surface area (Å²) in [6.07, 6.45) is 2.74. The van der Waals surface area contributed by atoms with Gasteiger partial charge < -0.3 is 10.1 Å². The van der Waals surface area contributed by atoms with E-state index in [1.807, 2.05) is 30.0 Å². The second-order valence-corrected chi connectivity index (χ2v) is 6.25. The van der Waals surface area contributed by atoms with Gasteiger partial charge in [-0.15, -0.1) is 0 Å². The van der Waals surface area contributed by atoms with Crippen LogP contribution in [0.2, 0.25) is 5.02 Å². The fraction of sp³-hybridized carbons (Fsp3) is 0.462. The Hall–Kier alpha value is -0.870. The fourth-order valence-corrected chi connectivity index (χ4v) is 3.52. The Balaban J connectivity index is 1.64. The molecule has 1 unspecified atom stereocenters. The molecule has 0 spiro atoms. The van der Waals surface area contributed by atoms with Crippen molar-refractivity contribution in [1.82, 2.24) is 0 Å². The van der Waals surface area contributed by atoms with Gasteiger partial charge >= 0.3 is 0 Å². The Kier molecular flexibility index (Phi) is 3.39. The summed E-state index contributed by atoms with van der Waals surface area (Å²) >= 11 is 7.95. The molecule has 1 N–H and O–H groups in total. The van der Waals surface area contributed by atoms with E-state index in [4.69, 9.17) is 16.3 Å². The number of aliphatic imine (C=N–C) groups is 1. The Morgan fingerprint density at radius 1 is 1.44 bits per heavy atom. The first-order chi connectivity index (χ1) is 8.76. The molecule has 1 saturated carbocycles. The van der Waals surface area contributed by atoms with Gasteiger partial charge in [-0.1, -0.05) is 23.4 Å². The monoisotopic (exact) mass is 282 g/mol. The molecule has 0 aromatic heterocycles. The predicted octanol–water partition coefficient (Wildman–Crippen LogP) is 3.64. The van der Waals surface area contributed by atoms with E-state index < -0.39 is 0 Å². The minimum atomic E-state index is 0.616. The first kappa shape index (κ1) is 12.2. The highest BCUT2D eigenvalue weighted by atomic mass is 35.5. The summed E-state index contributed by atoms with van der Waals surface area (Å²) < 4.78 is 5.13. The molecule has 1 aromatic carbocycles. The quantitative estimate of drug-likeness (QED) is 0.919. The molecule has 1 heterocycles. The molecule has 1 aliphatic heterocycles. The number of thioether (sulfide) groups is 1. The van der Waals surface area contributed by atoms with Crippen LogP contribution in [0, 0.1) is 5.92 Å². The molecular weight excluding hydrogens is 268 g/mol. The Morgan fingerprint density at radius 3 is 2.94 bits per heavy atom. The zero-order valence-electron chi connectivity index (χ0n) is 10.1. The third-order valence-corrected chi connectivity index (χ3v) is 4.82. The maximum Gasteiger partial charge on any atom is 0.161 e. The van der Waals surface area contributed by atoms with Crippen LogP contribution >= 0.6 is 23.4 Å². The highest BCUT2D eigenvalue weighted by molar-refractivity contribution is 8.15. The number of hydrogen-bond acceptors (Lipinski definition) is 4. The average molecular weight is 283 g/mol. The van der Waals surface area contributed by atoms with Crippen LogP contribution in [-0.2, 0) is 0 Å². The van der Waals surface area contributed by atoms with Crippen molar-refractivity contribution in [3.8, 4) is 5.75 Å². The molecular formula is C13H15ClN2OS. The lowest BCUT2D eigenvalue weighted by molar-refractivity contribution is 0.415. The second kappa shape index (κ2) is 5.02. The van der Waals surface area contributed by atoms with Gasteiger partial charge in [-0.3, -0.25) is 4.99 Å². The van der Waals surface area contributed by atoms with Gasteiger partial charge in [0.25, 0.3) is 0 Å². The van der Waals surface area contributed by atoms with Crippen LogP contribution in [-0.4, -0.2) is 24.1 Å². The fourth-order valence-electron chi connectivity index (χ4n) is 2.04. The lowest BCUT2D eigenvalue weighted by Crippen LogP contribution is -2.08. The first-order valence-corrected chi connectivity index (χ1v) is 7.33. The van der Waals surface area contributed by atoms with Gasteiger partial charge in [-0.25, -0.2) is 0 Å². The van der Waals surface area contributed by atoms with Crippen LogP contribution in [0.5, 0.6) is 5.75 Å². The van der Waals surface area contributed by atoms with Crippen LogP contribution in [0.15, 0.2) is 23.2 Å². The van der Waals surface area contributed by atoms with E-state index in [0.29, 0.717) is 16.0 Å². The maximum atomic E-state index is 6.09. The Labute approximate surface area is 116 Å². The van der Waals surface area contributed by atoms with Crippen molar-refractivity contribution in [3.63, 3.8) is 0 Å². The summed E-state index contributed by atoms with van der Waals surface area (Å²) in [6, 6.07) is 5.69. The molecule has 0 bridgehead atoms. The number of halogens is 1. The van der Waals surface area contributed by atoms with E-state index in [9.17, 15) is 0 Å². The number of nitrogens with zero attached hydrogens (tertiary/aromatic N) is 1. The van der Waals surface area contributed by atoms with E-state index >= 15 is 0 Å². The number of amidine groups is 1. The van der Waals surface area contributed by atoms with Crippen molar-refractivity contribution in [3.05, 3.63) is 23.2 Å². The van der Waals surface area contributed by atoms with Gasteiger partial charge in [0.15, 0.2) is 5.17 Å². The summed E-state index contributed by atoms with van der Waals surface area (Å²) in [7, 11) is 1.62. The second-order valence-electron chi connectivity index (χ2n) is 4.61. The summed E-state index contributed by atoms with van der Waals surface area (Å²) in [5.41, 5.74) is 0.962. The molecule has 2 aliphatic rings. The number of anilines is 1. The molecule has 3 rings (SSSR count). The van der Waals surface area contributed by atoms with Crippen molar-refractivity contribution in [2.24, 2.45) is 10.9 Å². The van der Waals surface area contributed by atoms with Gasteiger partial charge in [0, 0.05) is 10.9 Å². The standard InChI is InChI=1S/C13H15ClN2OS/c1-17-11-5-4-9(6-10(11)14)16-13-15-7-12(18-13)8-2-3-8/h4-6,8,12H,2-3,7H2,1H3,(H,15,16). The van der Waals surface area contributed by atoms with Crippen LogP contribution in [0.3, 0.4) is 0 Å². The van der Waals surface area contributed by atoms with Crippen molar-refractivity contribution >= 4 is 34.2 Å². The summed E-state index contributed by atoms with van der Waals surface area (Å²) in [5, 5.41) is 5.62. The van der Waals surface area contributed by atoms with E-state index in [2.05, 4.69) is 10.3 Å². The van der Waals surface area contributed by atoms with Crippen LogP contribution < -0.4 is 10.1 Å². The van der Waals surface area contributed by atoms with Crippen molar-refractivity contribution in [2.75, 3.05) is 19.0 Å². The van der Waals surface area contributed by atoms with Crippen molar-refractivity contribution in [2.45, 2.75) is 18.1 Å². The molecule has 0 radical (unpaired) electrons. The number of hydrogen-bond donors (Lipinski definition) is 1. The number of rotatable bonds is 3. The van der Waals surface area contributed by atoms with E-state index in [1.54, 1.807) is 7.11 Å². The highest BCUT2D eigenvalue weighted by Gasteiger charge is 2.35. The highest BCUT2D eigenvalue weighted by Crippen LogP contribution is 2.42. The predicted molar refractivity (Wildman–Crippen MR) is 78.0 cm³/mol. The number of methoxy groups -OCH3 is 1. The van der Waals surface area contributed by atoms with Crippen LogP contribution in [0.4, 0.5) is 5.69 Å². The van der Waals surface area contributed by atoms with Gasteiger partial charge in [0.1, 0.15) is 5.75 Å². The molecule has 5 heteroatoms. The maximum absolute atomic E-state index is 6.09. The molecule has 1 fully saturated rings. The van der Waals surface area contributed by atoms with Crippen molar-refractivity contribution < 1.29 is 4.74 Å². The largest absolute Gasteiger partial charge is 0.495 e. The van der Waals surface area contributed by atoms with Crippen molar-refractivity contribution in [1.29, 1.82) is 0 Å². The van der Waals surface area contributed by atoms with Gasteiger partial charge in [0.05, 0.1) is 18.7 Å². The minimum Gasteiger partial charge on any atom is -0.495 e. The summed E-state index contributed by atoms with van der Waals surface area (Å²) in [4.78, 5) is 4.54. The van der Waals surface area contributed by atoms with Gasteiger partial charge in [-0.2, -0.15) is 0 Å². The molecule has 0 saturated heterocycles. The number of nitrogens with one attached hydrogen (secondary N) is 1. The zero-order chi connectivity index (χ0) is 12.5. The number of ether oxygens (including phenoxy) is 1. The zero-order valence-corrected chi connectivity index (χ0v) is 11.7. The first-order valence-electron chi connectivity index (χ1n) is 6.08. The summed E-state index contributed by atoms with van der Waals surface area (Å²) in [6.45, 7) is 0.946. The van der Waals surface area contributed by atoms with E-state index in [-0.39, 0.29) is 0 Å². The molecule has 1 aliphatic carbocycles. The Bertz CT molecular complexity index is 488. The molecule has 0 amide bonds. The van der Waals surface area contributed by atoms with Gasteiger partial charge in [-0.05, 0) is 37.0 Å². The van der Waals surface area contributed by atoms with Crippen LogP contribution in [0.1, 0.15) is 12.8 Å². The average Bonchev–Trinajstić information content (AvgIpc) is 3.11. The van der Waals surface area contributed by atoms with Gasteiger partial charge in [0.2, 0.25) is 0 Å².